The Hall–Kier alpha value is -0.660. The molecule has 0 saturated carbocycles. The van der Waals surface area contributed by atoms with Crippen molar-refractivity contribution in [2.24, 2.45) is 0 Å². The molecular weight excluding hydrogens is 430 g/mol. The van der Waals surface area contributed by atoms with Gasteiger partial charge in [0.05, 0.1) is 5.56 Å². The first-order valence-electron chi connectivity index (χ1n) is 4.94. The van der Waals surface area contributed by atoms with E-state index in [2.05, 4.69) is 48.8 Å². The summed E-state index contributed by atoms with van der Waals surface area (Å²) < 4.78 is 1.70. The Morgan fingerprint density at radius 2 is 2.11 bits per heavy atom. The van der Waals surface area contributed by atoms with Gasteiger partial charge in [-0.15, -0.1) is 0 Å². The van der Waals surface area contributed by atoms with E-state index in [9.17, 15) is 4.79 Å². The van der Waals surface area contributed by atoms with Gasteiger partial charge in [0.2, 0.25) is 0 Å². The Labute approximate surface area is 131 Å². The number of pyridine rings is 1. The SMILES string of the molecule is O=C(Nc1ccc(I)cn1)c1cc(Cl)ccc1Br. The lowest BCUT2D eigenvalue weighted by Gasteiger charge is -2.06. The Balaban J connectivity index is 2.21. The van der Waals surface area contributed by atoms with Crippen LogP contribution in [0.2, 0.25) is 5.02 Å². The first-order chi connectivity index (χ1) is 8.56. The van der Waals surface area contributed by atoms with Gasteiger partial charge in [-0.3, -0.25) is 4.79 Å². The van der Waals surface area contributed by atoms with Crippen molar-refractivity contribution in [2.75, 3.05) is 5.32 Å². The second kappa shape index (κ2) is 5.99. The topological polar surface area (TPSA) is 42.0 Å². The van der Waals surface area contributed by atoms with Gasteiger partial charge in [-0.25, -0.2) is 4.98 Å². The number of hydrogen-bond acceptors (Lipinski definition) is 2. The summed E-state index contributed by atoms with van der Waals surface area (Å²) in [7, 11) is 0. The van der Waals surface area contributed by atoms with Crippen LogP contribution in [0.1, 0.15) is 10.4 Å². The number of carbonyl (C=O) groups excluding carboxylic acids is 1. The van der Waals surface area contributed by atoms with Crippen LogP contribution >= 0.6 is 50.1 Å². The van der Waals surface area contributed by atoms with Gasteiger partial charge >= 0.3 is 0 Å². The Morgan fingerprint density at radius 3 is 2.78 bits per heavy atom. The van der Waals surface area contributed by atoms with E-state index in [1.807, 2.05) is 6.07 Å². The molecule has 1 aromatic heterocycles. The van der Waals surface area contributed by atoms with Crippen LogP contribution < -0.4 is 5.32 Å². The molecule has 0 unspecified atom stereocenters. The first-order valence-corrected chi connectivity index (χ1v) is 7.19. The highest BCUT2D eigenvalue weighted by molar-refractivity contribution is 14.1. The number of nitrogens with one attached hydrogen (secondary N) is 1. The molecule has 0 bridgehead atoms. The minimum absolute atomic E-state index is 0.252. The Morgan fingerprint density at radius 1 is 1.33 bits per heavy atom. The largest absolute Gasteiger partial charge is 0.307 e. The minimum Gasteiger partial charge on any atom is -0.307 e. The Bertz CT molecular complexity index is 589. The molecule has 92 valence electrons. The third-order valence-electron chi connectivity index (χ3n) is 2.14. The van der Waals surface area contributed by atoms with Crippen molar-refractivity contribution in [3.8, 4) is 0 Å². The van der Waals surface area contributed by atoms with Crippen LogP contribution in [0.25, 0.3) is 0 Å². The second-order valence-corrected chi connectivity index (χ2v) is 5.98. The number of nitrogens with zero attached hydrogens (tertiary/aromatic N) is 1. The molecule has 3 nitrogen and oxygen atoms in total. The van der Waals surface area contributed by atoms with Gasteiger partial charge in [-0.1, -0.05) is 11.6 Å². The van der Waals surface area contributed by atoms with E-state index in [1.54, 1.807) is 30.5 Å². The zero-order valence-corrected chi connectivity index (χ0v) is 13.5. The van der Waals surface area contributed by atoms with Crippen molar-refractivity contribution in [1.82, 2.24) is 4.98 Å². The molecule has 0 aliphatic heterocycles. The fourth-order valence-corrected chi connectivity index (χ4v) is 2.22. The molecule has 1 amide bonds. The summed E-state index contributed by atoms with van der Waals surface area (Å²) in [6.45, 7) is 0. The van der Waals surface area contributed by atoms with Crippen molar-refractivity contribution < 1.29 is 4.79 Å². The number of hydrogen-bond donors (Lipinski definition) is 1. The highest BCUT2D eigenvalue weighted by Crippen LogP contribution is 2.22. The highest BCUT2D eigenvalue weighted by atomic mass is 127. The van der Waals surface area contributed by atoms with Crippen LogP contribution in [-0.2, 0) is 0 Å². The summed E-state index contributed by atoms with van der Waals surface area (Å²) in [6.07, 6.45) is 1.68. The molecule has 0 atom stereocenters. The van der Waals surface area contributed by atoms with E-state index in [-0.39, 0.29) is 5.91 Å². The molecule has 0 fully saturated rings. The molecular formula is C12H7BrClIN2O. The molecule has 0 aliphatic rings. The van der Waals surface area contributed by atoms with Crippen molar-refractivity contribution >= 4 is 61.8 Å². The fraction of sp³-hybridized carbons (Fsp3) is 0. The van der Waals surface area contributed by atoms with Crippen molar-refractivity contribution in [3.63, 3.8) is 0 Å². The van der Waals surface area contributed by atoms with Gasteiger partial charge in [0.25, 0.3) is 5.91 Å². The average molecular weight is 437 g/mol. The smallest absolute Gasteiger partial charge is 0.258 e. The van der Waals surface area contributed by atoms with Crippen LogP contribution in [-0.4, -0.2) is 10.9 Å². The monoisotopic (exact) mass is 436 g/mol. The van der Waals surface area contributed by atoms with E-state index in [1.165, 1.54) is 0 Å². The summed E-state index contributed by atoms with van der Waals surface area (Å²) in [4.78, 5) is 16.1. The molecule has 6 heteroatoms. The maximum atomic E-state index is 12.0. The average Bonchev–Trinajstić information content (AvgIpc) is 2.35. The number of amides is 1. The quantitative estimate of drug-likeness (QED) is 0.710. The summed E-state index contributed by atoms with van der Waals surface area (Å²) in [5.74, 6) is 0.255. The third kappa shape index (κ3) is 3.43. The second-order valence-electron chi connectivity index (χ2n) is 3.44. The zero-order chi connectivity index (χ0) is 13.1. The van der Waals surface area contributed by atoms with Gasteiger partial charge < -0.3 is 5.32 Å². The molecule has 0 saturated heterocycles. The minimum atomic E-state index is -0.252. The van der Waals surface area contributed by atoms with Crippen molar-refractivity contribution in [1.29, 1.82) is 0 Å². The third-order valence-corrected chi connectivity index (χ3v) is 3.71. The number of anilines is 1. The zero-order valence-electron chi connectivity index (χ0n) is 8.95. The van der Waals surface area contributed by atoms with Crippen LogP contribution in [0, 0.1) is 3.57 Å². The molecule has 1 heterocycles. The summed E-state index contributed by atoms with van der Waals surface area (Å²) in [6, 6.07) is 8.67. The Kier molecular flexibility index (Phi) is 4.58. The standard InChI is InChI=1S/C12H7BrClIN2O/c13-10-3-1-7(14)5-9(10)12(18)17-11-4-2-8(15)6-16-11/h1-6H,(H,16,17,18). The first kappa shape index (κ1) is 13.8. The molecule has 18 heavy (non-hydrogen) atoms. The molecule has 1 aromatic carbocycles. The van der Waals surface area contributed by atoms with Gasteiger partial charge in [-0.05, 0) is 68.9 Å². The molecule has 2 aromatic rings. The number of carbonyl (C=O) groups is 1. The highest BCUT2D eigenvalue weighted by Gasteiger charge is 2.11. The van der Waals surface area contributed by atoms with Gasteiger partial charge in [-0.2, -0.15) is 0 Å². The predicted octanol–water partition coefficient (Wildman–Crippen LogP) is 4.35. The molecule has 0 aliphatic carbocycles. The van der Waals surface area contributed by atoms with Crippen LogP contribution in [0.3, 0.4) is 0 Å². The predicted molar refractivity (Wildman–Crippen MR) is 84.1 cm³/mol. The fourth-order valence-electron chi connectivity index (χ4n) is 1.30. The number of halogens is 3. The van der Waals surface area contributed by atoms with Crippen LogP contribution in [0.15, 0.2) is 41.0 Å². The maximum Gasteiger partial charge on any atom is 0.258 e. The van der Waals surface area contributed by atoms with Gasteiger partial charge in [0, 0.05) is 19.3 Å². The van der Waals surface area contributed by atoms with Gasteiger partial charge in [0.15, 0.2) is 0 Å². The number of aromatic nitrogens is 1. The summed E-state index contributed by atoms with van der Waals surface area (Å²) in [5, 5.41) is 3.22. The lowest BCUT2D eigenvalue weighted by atomic mass is 10.2. The summed E-state index contributed by atoms with van der Waals surface area (Å²) in [5.41, 5.74) is 0.475. The lowest BCUT2D eigenvalue weighted by molar-refractivity contribution is 0.102. The maximum absolute atomic E-state index is 12.0. The number of rotatable bonds is 2. The van der Waals surface area contributed by atoms with Crippen LogP contribution in [0.4, 0.5) is 5.82 Å². The van der Waals surface area contributed by atoms with E-state index >= 15 is 0 Å². The number of benzene rings is 1. The molecule has 0 radical (unpaired) electrons. The lowest BCUT2D eigenvalue weighted by Crippen LogP contribution is -2.13. The van der Waals surface area contributed by atoms with Crippen molar-refractivity contribution in [3.05, 3.63) is 55.2 Å². The summed E-state index contributed by atoms with van der Waals surface area (Å²) >= 11 is 11.3. The van der Waals surface area contributed by atoms with Crippen molar-refractivity contribution in [2.45, 2.75) is 0 Å². The van der Waals surface area contributed by atoms with E-state index in [0.717, 1.165) is 3.57 Å². The molecule has 0 spiro atoms. The van der Waals surface area contributed by atoms with E-state index in [4.69, 9.17) is 11.6 Å². The van der Waals surface area contributed by atoms with E-state index in [0.29, 0.717) is 20.9 Å². The van der Waals surface area contributed by atoms with Crippen LogP contribution in [0.5, 0.6) is 0 Å². The van der Waals surface area contributed by atoms with Gasteiger partial charge in [0.1, 0.15) is 5.82 Å². The van der Waals surface area contributed by atoms with E-state index < -0.39 is 0 Å². The molecule has 1 N–H and O–H groups in total. The molecule has 2 rings (SSSR count). The normalized spacial score (nSPS) is 10.2.